The van der Waals surface area contributed by atoms with E-state index in [1.807, 2.05) is 6.07 Å². The zero-order chi connectivity index (χ0) is 15.1. The summed E-state index contributed by atoms with van der Waals surface area (Å²) in [4.78, 5) is 23.6. The molecule has 2 rings (SSSR count). The van der Waals surface area contributed by atoms with Crippen molar-refractivity contribution in [2.75, 3.05) is 11.9 Å². The number of nitriles is 1. The van der Waals surface area contributed by atoms with Crippen LogP contribution in [0.3, 0.4) is 0 Å². The fraction of sp³-hybridized carbons (Fsp3) is 0.438. The van der Waals surface area contributed by atoms with Crippen LogP contribution >= 0.6 is 0 Å². The van der Waals surface area contributed by atoms with Crippen LogP contribution in [-0.4, -0.2) is 18.4 Å². The van der Waals surface area contributed by atoms with E-state index in [1.165, 1.54) is 0 Å². The normalized spacial score (nSPS) is 14.4. The van der Waals surface area contributed by atoms with E-state index in [4.69, 9.17) is 5.26 Å². The van der Waals surface area contributed by atoms with Crippen molar-refractivity contribution in [3.05, 3.63) is 29.8 Å². The largest absolute Gasteiger partial charge is 0.355 e. The Balaban J connectivity index is 1.72. The Morgan fingerprint density at radius 1 is 1.29 bits per heavy atom. The van der Waals surface area contributed by atoms with Crippen molar-refractivity contribution in [2.24, 2.45) is 5.92 Å². The van der Waals surface area contributed by atoms with Crippen molar-refractivity contribution in [2.45, 2.75) is 32.1 Å². The molecular formula is C16H19N3O2. The van der Waals surface area contributed by atoms with E-state index in [-0.39, 0.29) is 24.2 Å². The van der Waals surface area contributed by atoms with Gasteiger partial charge in [0.1, 0.15) is 0 Å². The van der Waals surface area contributed by atoms with Gasteiger partial charge in [-0.05, 0) is 31.0 Å². The molecule has 0 heterocycles. The fourth-order valence-electron chi connectivity index (χ4n) is 2.52. The van der Waals surface area contributed by atoms with E-state index in [0.717, 1.165) is 25.7 Å². The molecular weight excluding hydrogens is 266 g/mol. The SMILES string of the molecule is N#Cc1cccc(NC(=O)CCNC(=O)C2CCCC2)c1. The second kappa shape index (κ2) is 7.44. The topological polar surface area (TPSA) is 82.0 Å². The Labute approximate surface area is 124 Å². The first-order valence-corrected chi connectivity index (χ1v) is 7.27. The quantitative estimate of drug-likeness (QED) is 0.870. The number of benzene rings is 1. The summed E-state index contributed by atoms with van der Waals surface area (Å²) in [6, 6.07) is 8.77. The van der Waals surface area contributed by atoms with Crippen molar-refractivity contribution in [3.63, 3.8) is 0 Å². The monoisotopic (exact) mass is 285 g/mol. The standard InChI is InChI=1S/C16H19N3O2/c17-11-12-4-3-7-14(10-12)19-15(20)8-9-18-16(21)13-5-1-2-6-13/h3-4,7,10,13H,1-2,5-6,8-9H2,(H,18,21)(H,19,20). The van der Waals surface area contributed by atoms with Gasteiger partial charge in [-0.1, -0.05) is 18.9 Å². The third-order valence-corrected chi connectivity index (χ3v) is 3.65. The highest BCUT2D eigenvalue weighted by molar-refractivity contribution is 5.91. The van der Waals surface area contributed by atoms with Crippen molar-refractivity contribution < 1.29 is 9.59 Å². The van der Waals surface area contributed by atoms with Crippen molar-refractivity contribution in [3.8, 4) is 6.07 Å². The van der Waals surface area contributed by atoms with Crippen LogP contribution in [0.1, 0.15) is 37.7 Å². The highest BCUT2D eigenvalue weighted by atomic mass is 16.2. The number of anilines is 1. The van der Waals surface area contributed by atoms with Gasteiger partial charge in [-0.25, -0.2) is 0 Å². The van der Waals surface area contributed by atoms with Crippen molar-refractivity contribution in [1.82, 2.24) is 5.32 Å². The lowest BCUT2D eigenvalue weighted by molar-refractivity contribution is -0.124. The van der Waals surface area contributed by atoms with E-state index in [2.05, 4.69) is 10.6 Å². The van der Waals surface area contributed by atoms with Crippen LogP contribution in [-0.2, 0) is 9.59 Å². The van der Waals surface area contributed by atoms with Gasteiger partial charge in [0.25, 0.3) is 0 Å². The average molecular weight is 285 g/mol. The van der Waals surface area contributed by atoms with Crippen LogP contribution in [0.2, 0.25) is 0 Å². The summed E-state index contributed by atoms with van der Waals surface area (Å²) in [5.41, 5.74) is 1.10. The van der Waals surface area contributed by atoms with Gasteiger partial charge in [-0.2, -0.15) is 5.26 Å². The van der Waals surface area contributed by atoms with Gasteiger partial charge in [0.05, 0.1) is 11.6 Å². The van der Waals surface area contributed by atoms with Crippen LogP contribution in [0.4, 0.5) is 5.69 Å². The predicted molar refractivity (Wildman–Crippen MR) is 79.4 cm³/mol. The zero-order valence-corrected chi connectivity index (χ0v) is 11.9. The number of carbonyl (C=O) groups excluding carboxylic acids is 2. The Morgan fingerprint density at radius 2 is 2.05 bits per heavy atom. The molecule has 2 N–H and O–H groups in total. The minimum Gasteiger partial charge on any atom is -0.355 e. The van der Waals surface area contributed by atoms with Gasteiger partial charge >= 0.3 is 0 Å². The molecule has 1 aliphatic carbocycles. The van der Waals surface area contributed by atoms with Crippen LogP contribution in [0, 0.1) is 17.2 Å². The van der Waals surface area contributed by atoms with E-state index in [0.29, 0.717) is 17.8 Å². The van der Waals surface area contributed by atoms with Crippen LogP contribution in [0.5, 0.6) is 0 Å². The van der Waals surface area contributed by atoms with Gasteiger partial charge in [0.2, 0.25) is 11.8 Å². The van der Waals surface area contributed by atoms with E-state index < -0.39 is 0 Å². The molecule has 1 aromatic carbocycles. The molecule has 1 aromatic rings. The molecule has 0 spiro atoms. The molecule has 0 saturated heterocycles. The van der Waals surface area contributed by atoms with E-state index >= 15 is 0 Å². The predicted octanol–water partition coefficient (Wildman–Crippen LogP) is 2.19. The van der Waals surface area contributed by atoms with E-state index in [9.17, 15) is 9.59 Å². The maximum atomic E-state index is 11.8. The van der Waals surface area contributed by atoms with Crippen molar-refractivity contribution >= 4 is 17.5 Å². The molecule has 0 unspecified atom stereocenters. The lowest BCUT2D eigenvalue weighted by Gasteiger charge is -2.10. The molecule has 110 valence electrons. The molecule has 1 saturated carbocycles. The lowest BCUT2D eigenvalue weighted by atomic mass is 10.1. The van der Waals surface area contributed by atoms with Crippen molar-refractivity contribution in [1.29, 1.82) is 5.26 Å². The number of nitrogens with one attached hydrogen (secondary N) is 2. The summed E-state index contributed by atoms with van der Waals surface area (Å²) < 4.78 is 0. The zero-order valence-electron chi connectivity index (χ0n) is 11.9. The molecule has 5 nitrogen and oxygen atoms in total. The second-order valence-electron chi connectivity index (χ2n) is 5.26. The minimum absolute atomic E-state index is 0.0618. The Kier molecular flexibility index (Phi) is 5.33. The summed E-state index contributed by atoms with van der Waals surface area (Å²) in [5, 5.41) is 14.3. The Morgan fingerprint density at radius 3 is 2.76 bits per heavy atom. The molecule has 21 heavy (non-hydrogen) atoms. The number of carbonyl (C=O) groups is 2. The number of amides is 2. The first kappa shape index (κ1) is 15.0. The maximum absolute atomic E-state index is 11.8. The minimum atomic E-state index is -0.170. The lowest BCUT2D eigenvalue weighted by Crippen LogP contribution is -2.32. The molecule has 0 bridgehead atoms. The third-order valence-electron chi connectivity index (χ3n) is 3.65. The summed E-state index contributed by atoms with van der Waals surface area (Å²) in [6.45, 7) is 0.346. The second-order valence-corrected chi connectivity index (χ2v) is 5.26. The average Bonchev–Trinajstić information content (AvgIpc) is 3.01. The molecule has 0 aromatic heterocycles. The summed E-state index contributed by atoms with van der Waals surface area (Å²) in [6.07, 6.45) is 4.38. The molecule has 0 atom stereocenters. The van der Waals surface area contributed by atoms with Crippen LogP contribution in [0.15, 0.2) is 24.3 Å². The number of nitrogens with zero attached hydrogens (tertiary/aromatic N) is 1. The highest BCUT2D eigenvalue weighted by Crippen LogP contribution is 2.24. The fourth-order valence-corrected chi connectivity index (χ4v) is 2.52. The van der Waals surface area contributed by atoms with Gasteiger partial charge in [0.15, 0.2) is 0 Å². The number of hydrogen-bond donors (Lipinski definition) is 2. The van der Waals surface area contributed by atoms with Gasteiger partial charge in [-0.3, -0.25) is 9.59 Å². The van der Waals surface area contributed by atoms with Crippen LogP contribution < -0.4 is 10.6 Å². The highest BCUT2D eigenvalue weighted by Gasteiger charge is 2.22. The molecule has 1 aliphatic rings. The number of rotatable bonds is 5. The summed E-state index contributed by atoms with van der Waals surface area (Å²) in [5.74, 6) is 0.0176. The molecule has 5 heteroatoms. The Bertz CT molecular complexity index is 557. The van der Waals surface area contributed by atoms with Gasteiger partial charge < -0.3 is 10.6 Å². The molecule has 1 fully saturated rings. The summed E-state index contributed by atoms with van der Waals surface area (Å²) >= 11 is 0. The Hall–Kier alpha value is -2.35. The maximum Gasteiger partial charge on any atom is 0.226 e. The number of hydrogen-bond acceptors (Lipinski definition) is 3. The van der Waals surface area contributed by atoms with Gasteiger partial charge in [0, 0.05) is 24.6 Å². The van der Waals surface area contributed by atoms with Gasteiger partial charge in [-0.15, -0.1) is 0 Å². The molecule has 2 amide bonds. The third kappa shape index (κ3) is 4.60. The summed E-state index contributed by atoms with van der Waals surface area (Å²) in [7, 11) is 0. The van der Waals surface area contributed by atoms with Crippen LogP contribution in [0.25, 0.3) is 0 Å². The first-order chi connectivity index (χ1) is 10.2. The molecule has 0 radical (unpaired) electrons. The first-order valence-electron chi connectivity index (χ1n) is 7.27. The van der Waals surface area contributed by atoms with E-state index in [1.54, 1.807) is 24.3 Å². The smallest absolute Gasteiger partial charge is 0.226 e. The molecule has 0 aliphatic heterocycles.